The van der Waals surface area contributed by atoms with Gasteiger partial charge in [-0.05, 0) is 26.0 Å². The van der Waals surface area contributed by atoms with Crippen molar-refractivity contribution < 1.29 is 36.3 Å². The molecular formula is C12H11F2NO6S. The lowest BCUT2D eigenvalue weighted by atomic mass is 10.2. The zero-order valence-electron chi connectivity index (χ0n) is 11.4. The van der Waals surface area contributed by atoms with Crippen LogP contribution in [0.4, 0.5) is 8.78 Å². The smallest absolute Gasteiger partial charge is 0.387 e. The van der Waals surface area contributed by atoms with E-state index in [0.29, 0.717) is 0 Å². The predicted octanol–water partition coefficient (Wildman–Crippen LogP) is 1.88. The molecule has 0 spiro atoms. The molecule has 0 amide bonds. The fourth-order valence-electron chi connectivity index (χ4n) is 1.50. The van der Waals surface area contributed by atoms with Gasteiger partial charge in [0, 0.05) is 0 Å². The SMILES string of the molecule is CC(C)OC(=O)c1cccc(OC(F)F)c1S(=O)(=O)N=C=O. The lowest BCUT2D eigenvalue weighted by Gasteiger charge is -2.13. The number of hydrogen-bond donors (Lipinski definition) is 0. The summed E-state index contributed by atoms with van der Waals surface area (Å²) in [5.41, 5.74) is -0.578. The molecule has 22 heavy (non-hydrogen) atoms. The first-order chi connectivity index (χ1) is 10.2. The van der Waals surface area contributed by atoms with Crippen LogP contribution in [0.1, 0.15) is 24.2 Å². The fraction of sp³-hybridized carbons (Fsp3) is 0.333. The van der Waals surface area contributed by atoms with Gasteiger partial charge in [-0.2, -0.15) is 17.2 Å². The van der Waals surface area contributed by atoms with Crippen molar-refractivity contribution in [3.8, 4) is 5.75 Å². The van der Waals surface area contributed by atoms with Crippen LogP contribution in [-0.2, 0) is 19.6 Å². The minimum absolute atomic E-state index is 0.578. The highest BCUT2D eigenvalue weighted by Crippen LogP contribution is 2.31. The van der Waals surface area contributed by atoms with Gasteiger partial charge in [0.05, 0.1) is 11.7 Å². The Morgan fingerprint density at radius 3 is 2.45 bits per heavy atom. The first-order valence-corrected chi connectivity index (χ1v) is 7.26. The number of hydrogen-bond acceptors (Lipinski definition) is 6. The molecule has 0 radical (unpaired) electrons. The highest BCUT2D eigenvalue weighted by Gasteiger charge is 2.29. The van der Waals surface area contributed by atoms with E-state index < -0.39 is 44.9 Å². The van der Waals surface area contributed by atoms with E-state index in [1.54, 1.807) is 0 Å². The fourth-order valence-corrected chi connectivity index (χ4v) is 2.49. The molecule has 0 unspecified atom stereocenters. The van der Waals surface area contributed by atoms with Gasteiger partial charge < -0.3 is 9.47 Å². The second-order valence-electron chi connectivity index (χ2n) is 4.12. The first-order valence-electron chi connectivity index (χ1n) is 5.82. The van der Waals surface area contributed by atoms with E-state index in [-0.39, 0.29) is 0 Å². The van der Waals surface area contributed by atoms with E-state index in [4.69, 9.17) is 4.74 Å². The molecule has 0 aliphatic rings. The molecule has 0 aromatic heterocycles. The number of isocyanates is 1. The molecule has 0 aliphatic carbocycles. The third-order valence-corrected chi connectivity index (χ3v) is 3.42. The normalized spacial score (nSPS) is 11.2. The van der Waals surface area contributed by atoms with E-state index in [9.17, 15) is 26.8 Å². The summed E-state index contributed by atoms with van der Waals surface area (Å²) in [6.45, 7) is -0.324. The van der Waals surface area contributed by atoms with Gasteiger partial charge in [0.2, 0.25) is 0 Å². The van der Waals surface area contributed by atoms with E-state index in [0.717, 1.165) is 24.3 Å². The van der Waals surface area contributed by atoms with Gasteiger partial charge in [-0.15, -0.1) is 0 Å². The zero-order valence-corrected chi connectivity index (χ0v) is 12.3. The summed E-state index contributed by atoms with van der Waals surface area (Å²) in [4.78, 5) is 21.1. The maximum atomic E-state index is 12.4. The number of halogens is 2. The van der Waals surface area contributed by atoms with Crippen molar-refractivity contribution in [1.82, 2.24) is 0 Å². The molecular weight excluding hydrogens is 324 g/mol. The largest absolute Gasteiger partial charge is 0.459 e. The Morgan fingerprint density at radius 1 is 1.32 bits per heavy atom. The molecule has 0 N–H and O–H groups in total. The van der Waals surface area contributed by atoms with Gasteiger partial charge in [0.15, 0.2) is 0 Å². The summed E-state index contributed by atoms with van der Waals surface area (Å²) < 4.78 is 60.0. The second-order valence-corrected chi connectivity index (χ2v) is 5.66. The Labute approximate surface area is 124 Å². The number of esters is 1. The van der Waals surface area contributed by atoms with Gasteiger partial charge >= 0.3 is 12.6 Å². The summed E-state index contributed by atoms with van der Waals surface area (Å²) in [5, 5.41) is 0. The monoisotopic (exact) mass is 335 g/mol. The molecule has 1 aromatic carbocycles. The Balaban J connectivity index is 3.57. The minimum Gasteiger partial charge on any atom is -0.459 e. The number of nitrogens with zero attached hydrogens (tertiary/aromatic N) is 1. The van der Waals surface area contributed by atoms with E-state index in [2.05, 4.69) is 9.13 Å². The van der Waals surface area contributed by atoms with Crippen LogP contribution in [0.2, 0.25) is 0 Å². The van der Waals surface area contributed by atoms with Crippen LogP contribution in [0.25, 0.3) is 0 Å². The summed E-state index contributed by atoms with van der Waals surface area (Å²) in [5.74, 6) is -1.92. The number of benzene rings is 1. The molecule has 0 heterocycles. The molecule has 0 saturated carbocycles. The molecule has 10 heteroatoms. The Bertz CT molecular complexity index is 710. The van der Waals surface area contributed by atoms with Crippen LogP contribution in [0.15, 0.2) is 27.5 Å². The van der Waals surface area contributed by atoms with Crippen LogP contribution in [0.5, 0.6) is 5.75 Å². The van der Waals surface area contributed by atoms with Gasteiger partial charge in [0.1, 0.15) is 10.6 Å². The quantitative estimate of drug-likeness (QED) is 0.447. The van der Waals surface area contributed by atoms with Gasteiger partial charge in [-0.3, -0.25) is 0 Å². The van der Waals surface area contributed by atoms with E-state index in [1.165, 1.54) is 13.8 Å². The maximum absolute atomic E-state index is 12.4. The third-order valence-electron chi connectivity index (χ3n) is 2.17. The molecule has 0 bridgehead atoms. The van der Waals surface area contributed by atoms with Gasteiger partial charge in [0.25, 0.3) is 16.1 Å². The maximum Gasteiger partial charge on any atom is 0.387 e. The van der Waals surface area contributed by atoms with Crippen LogP contribution < -0.4 is 4.74 Å². The van der Waals surface area contributed by atoms with Crippen LogP contribution in [0, 0.1) is 0 Å². The Hall–Kier alpha value is -2.32. The van der Waals surface area contributed by atoms with Crippen molar-refractivity contribution in [2.75, 3.05) is 0 Å². The van der Waals surface area contributed by atoms with Gasteiger partial charge in [-0.1, -0.05) is 10.5 Å². The third kappa shape index (κ3) is 4.34. The summed E-state index contributed by atoms with van der Waals surface area (Å²) in [7, 11) is -4.76. The Kier molecular flexibility index (Phi) is 5.72. The molecule has 0 aliphatic heterocycles. The lowest BCUT2D eigenvalue weighted by molar-refractivity contribution is -0.0519. The molecule has 120 valence electrons. The predicted molar refractivity (Wildman–Crippen MR) is 68.9 cm³/mol. The number of sulfonamides is 1. The van der Waals surface area contributed by atoms with Gasteiger partial charge in [-0.25, -0.2) is 9.59 Å². The zero-order chi connectivity index (χ0) is 16.9. The first kappa shape index (κ1) is 17.7. The second kappa shape index (κ2) is 7.10. The molecule has 1 aromatic rings. The molecule has 7 nitrogen and oxygen atoms in total. The highest BCUT2D eigenvalue weighted by atomic mass is 32.2. The van der Waals surface area contributed by atoms with Crippen molar-refractivity contribution in [1.29, 1.82) is 0 Å². The van der Waals surface area contributed by atoms with Crippen molar-refractivity contribution in [2.45, 2.75) is 31.5 Å². The van der Waals surface area contributed by atoms with Crippen molar-refractivity contribution >= 4 is 22.1 Å². The lowest BCUT2D eigenvalue weighted by Crippen LogP contribution is -2.17. The highest BCUT2D eigenvalue weighted by molar-refractivity contribution is 7.90. The summed E-state index contributed by atoms with van der Waals surface area (Å²) in [6, 6.07) is 3.04. The average Bonchev–Trinajstić information content (AvgIpc) is 2.36. The average molecular weight is 335 g/mol. The summed E-state index contributed by atoms with van der Waals surface area (Å²) >= 11 is 0. The van der Waals surface area contributed by atoms with Crippen molar-refractivity contribution in [3.05, 3.63) is 23.8 Å². The standard InChI is InChI=1S/C12H11F2NO6S/c1-7(2)20-11(17)8-4-3-5-9(21-12(13)14)10(8)22(18,19)15-6-16/h3-5,7,12H,1-2H3. The molecule has 1 rings (SSSR count). The Morgan fingerprint density at radius 2 is 1.95 bits per heavy atom. The minimum atomic E-state index is -4.76. The number of rotatable bonds is 6. The number of alkyl halides is 2. The molecule has 0 saturated heterocycles. The van der Waals surface area contributed by atoms with Crippen LogP contribution in [0.3, 0.4) is 0 Å². The van der Waals surface area contributed by atoms with E-state index >= 15 is 0 Å². The number of ether oxygens (including phenoxy) is 2. The van der Waals surface area contributed by atoms with Crippen molar-refractivity contribution in [2.24, 2.45) is 4.40 Å². The number of carbonyl (C=O) groups excluding carboxylic acids is 2. The molecule has 0 atom stereocenters. The number of carbonyl (C=O) groups is 1. The van der Waals surface area contributed by atoms with Crippen LogP contribution in [-0.4, -0.2) is 33.2 Å². The van der Waals surface area contributed by atoms with Crippen LogP contribution >= 0.6 is 0 Å². The van der Waals surface area contributed by atoms with Crippen molar-refractivity contribution in [3.63, 3.8) is 0 Å². The van der Waals surface area contributed by atoms with E-state index in [1.807, 2.05) is 0 Å². The summed E-state index contributed by atoms with van der Waals surface area (Å²) in [6.07, 6.45) is 0.200. The molecule has 0 fully saturated rings. The topological polar surface area (TPSA) is 99.1 Å².